The van der Waals surface area contributed by atoms with Crippen LogP contribution in [0.2, 0.25) is 0 Å². The van der Waals surface area contributed by atoms with Gasteiger partial charge in [0.05, 0.1) is 34.6 Å². The second-order valence-electron chi connectivity index (χ2n) is 4.93. The summed E-state index contributed by atoms with van der Waals surface area (Å²) in [6, 6.07) is 5.21. The average Bonchev–Trinajstić information content (AvgIpc) is 2.60. The van der Waals surface area contributed by atoms with Crippen molar-refractivity contribution in [2.45, 2.75) is 0 Å². The molecule has 0 heterocycles. The first-order valence-corrected chi connectivity index (χ1v) is 9.03. The predicted molar refractivity (Wildman–Crippen MR) is 102 cm³/mol. The van der Waals surface area contributed by atoms with E-state index in [1.807, 2.05) is 22.6 Å². The van der Waals surface area contributed by atoms with Crippen LogP contribution in [0.15, 0.2) is 28.7 Å². The van der Waals surface area contributed by atoms with Crippen LogP contribution in [-0.2, 0) is 9.57 Å². The van der Waals surface area contributed by atoms with Crippen molar-refractivity contribution in [1.29, 1.82) is 0 Å². The van der Waals surface area contributed by atoms with Crippen molar-refractivity contribution >= 4 is 55.8 Å². The number of ether oxygens (including phenoxy) is 1. The maximum Gasteiger partial charge on any atom is 0.277 e. The fourth-order valence-corrected chi connectivity index (χ4v) is 2.77. The molecular weight excluding hydrogens is 532 g/mol. The Kier molecular flexibility index (Phi) is 7.68. The van der Waals surface area contributed by atoms with Gasteiger partial charge in [-0.25, -0.2) is 18.7 Å². The Morgan fingerprint density at radius 3 is 2.58 bits per heavy atom. The minimum Gasteiger partial charge on any atom is -0.382 e. The zero-order valence-corrected chi connectivity index (χ0v) is 17.1. The molecule has 2 aromatic rings. The molecule has 0 atom stereocenters. The predicted octanol–water partition coefficient (Wildman–Crippen LogP) is 4.52. The Bertz CT molecular complexity index is 824. The third-order valence-electron chi connectivity index (χ3n) is 3.15. The van der Waals surface area contributed by atoms with Crippen LogP contribution in [0.4, 0.5) is 24.5 Å². The second kappa shape index (κ2) is 9.53. The van der Waals surface area contributed by atoms with Crippen molar-refractivity contribution in [3.8, 4) is 0 Å². The van der Waals surface area contributed by atoms with E-state index >= 15 is 0 Å². The van der Waals surface area contributed by atoms with Gasteiger partial charge in [0.1, 0.15) is 5.82 Å². The smallest absolute Gasteiger partial charge is 0.277 e. The number of halogens is 5. The highest BCUT2D eigenvalue weighted by Crippen LogP contribution is 2.32. The van der Waals surface area contributed by atoms with Gasteiger partial charge in [-0.1, -0.05) is 0 Å². The Morgan fingerprint density at radius 2 is 1.92 bits per heavy atom. The van der Waals surface area contributed by atoms with Gasteiger partial charge in [-0.15, -0.1) is 0 Å². The Morgan fingerprint density at radius 1 is 1.19 bits per heavy atom. The number of methoxy groups -OCH3 is 1. The molecule has 0 unspecified atom stereocenters. The first-order valence-electron chi connectivity index (χ1n) is 7.15. The van der Waals surface area contributed by atoms with E-state index in [1.165, 1.54) is 19.2 Å². The van der Waals surface area contributed by atoms with Gasteiger partial charge in [0.25, 0.3) is 5.91 Å². The number of hydrogen-bond acceptors (Lipinski definition) is 4. The Labute approximate surface area is 169 Å². The van der Waals surface area contributed by atoms with Crippen molar-refractivity contribution in [3.05, 3.63) is 55.3 Å². The molecule has 140 valence electrons. The third-order valence-corrected chi connectivity index (χ3v) is 4.40. The molecule has 0 radical (unpaired) electrons. The van der Waals surface area contributed by atoms with Gasteiger partial charge in [-0.3, -0.25) is 9.63 Å². The molecule has 0 spiro atoms. The van der Waals surface area contributed by atoms with E-state index in [1.54, 1.807) is 6.07 Å². The summed E-state index contributed by atoms with van der Waals surface area (Å²) in [7, 11) is 1.45. The van der Waals surface area contributed by atoms with E-state index in [9.17, 15) is 18.0 Å². The van der Waals surface area contributed by atoms with Crippen molar-refractivity contribution in [1.82, 2.24) is 5.48 Å². The third kappa shape index (κ3) is 5.09. The summed E-state index contributed by atoms with van der Waals surface area (Å²) in [6.45, 7) is 0.280. The lowest BCUT2D eigenvalue weighted by Gasteiger charge is -2.15. The minimum absolute atomic E-state index is 0.0571. The molecule has 0 fully saturated rings. The molecule has 0 saturated carbocycles. The summed E-state index contributed by atoms with van der Waals surface area (Å²) >= 11 is 4.75. The molecule has 0 aliphatic heterocycles. The molecule has 10 heteroatoms. The Hall–Kier alpha value is -1.37. The van der Waals surface area contributed by atoms with Crippen molar-refractivity contribution in [2.75, 3.05) is 25.6 Å². The minimum atomic E-state index is -1.33. The van der Waals surface area contributed by atoms with Gasteiger partial charge in [0, 0.05) is 10.7 Å². The van der Waals surface area contributed by atoms with Crippen molar-refractivity contribution < 1.29 is 27.5 Å². The van der Waals surface area contributed by atoms with E-state index in [0.717, 1.165) is 6.07 Å². The van der Waals surface area contributed by atoms with Gasteiger partial charge in [-0.2, -0.15) is 0 Å². The SMILES string of the molecule is COCCONC(=O)c1cc(Br)c(F)c(F)c1Nc1ccc(I)cc1F. The Balaban J connectivity index is 2.36. The summed E-state index contributed by atoms with van der Waals surface area (Å²) in [4.78, 5) is 17.1. The van der Waals surface area contributed by atoms with Crippen LogP contribution in [0.5, 0.6) is 0 Å². The van der Waals surface area contributed by atoms with Gasteiger partial charge in [0.2, 0.25) is 0 Å². The highest BCUT2D eigenvalue weighted by Gasteiger charge is 2.23. The number of carbonyl (C=O) groups is 1. The van der Waals surface area contributed by atoms with E-state index in [4.69, 9.17) is 9.57 Å². The molecule has 26 heavy (non-hydrogen) atoms. The largest absolute Gasteiger partial charge is 0.382 e. The van der Waals surface area contributed by atoms with Gasteiger partial charge < -0.3 is 10.1 Å². The maximum absolute atomic E-state index is 14.4. The molecule has 0 bridgehead atoms. The molecule has 2 N–H and O–H groups in total. The number of nitrogens with one attached hydrogen (secondary N) is 2. The summed E-state index contributed by atoms with van der Waals surface area (Å²) < 4.78 is 47.5. The lowest BCUT2D eigenvalue weighted by atomic mass is 10.1. The van der Waals surface area contributed by atoms with Crippen molar-refractivity contribution in [2.24, 2.45) is 0 Å². The quantitative estimate of drug-likeness (QED) is 0.233. The number of rotatable bonds is 7. The standard InChI is InChI=1S/C16H13BrF3IN2O3/c1-25-4-5-26-23-16(24)9-7-10(17)13(19)14(20)15(9)22-12-3-2-8(21)6-11(12)18/h2-3,6-7,22H,4-5H2,1H3,(H,23,24). The number of benzene rings is 2. The van der Waals surface area contributed by atoms with Crippen LogP contribution in [0.25, 0.3) is 0 Å². The number of anilines is 2. The molecule has 0 saturated heterocycles. The number of hydroxylamine groups is 1. The normalized spacial score (nSPS) is 10.7. The summed E-state index contributed by atoms with van der Waals surface area (Å²) in [5, 5.41) is 2.43. The van der Waals surface area contributed by atoms with Crippen LogP contribution in [0, 0.1) is 21.0 Å². The monoisotopic (exact) mass is 544 g/mol. The zero-order chi connectivity index (χ0) is 19.3. The van der Waals surface area contributed by atoms with E-state index in [2.05, 4.69) is 26.7 Å². The number of hydrogen-bond donors (Lipinski definition) is 2. The topological polar surface area (TPSA) is 59.6 Å². The molecule has 1 amide bonds. The zero-order valence-electron chi connectivity index (χ0n) is 13.3. The highest BCUT2D eigenvalue weighted by atomic mass is 127. The molecular formula is C16H13BrF3IN2O3. The lowest BCUT2D eigenvalue weighted by Crippen LogP contribution is -2.26. The molecule has 0 aromatic heterocycles. The molecule has 0 aliphatic rings. The van der Waals surface area contributed by atoms with Gasteiger partial charge >= 0.3 is 0 Å². The van der Waals surface area contributed by atoms with Crippen molar-refractivity contribution in [3.63, 3.8) is 0 Å². The van der Waals surface area contributed by atoms with Crippen LogP contribution < -0.4 is 10.8 Å². The second-order valence-corrected chi connectivity index (χ2v) is 7.03. The lowest BCUT2D eigenvalue weighted by molar-refractivity contribution is 0.00891. The number of amides is 1. The first kappa shape index (κ1) is 20.9. The summed E-state index contributed by atoms with van der Waals surface area (Å²) in [5.74, 6) is -4.06. The van der Waals surface area contributed by atoms with Gasteiger partial charge in [0.15, 0.2) is 11.6 Å². The van der Waals surface area contributed by atoms with E-state index in [0.29, 0.717) is 3.57 Å². The van der Waals surface area contributed by atoms with E-state index in [-0.39, 0.29) is 28.9 Å². The fourth-order valence-electron chi connectivity index (χ4n) is 1.92. The molecule has 5 nitrogen and oxygen atoms in total. The number of carbonyl (C=O) groups excluding carboxylic acids is 1. The highest BCUT2D eigenvalue weighted by molar-refractivity contribution is 14.1. The van der Waals surface area contributed by atoms with Crippen LogP contribution >= 0.6 is 38.5 Å². The first-order chi connectivity index (χ1) is 12.3. The van der Waals surface area contributed by atoms with Crippen LogP contribution in [0.1, 0.15) is 10.4 Å². The molecule has 2 aromatic carbocycles. The molecule has 2 rings (SSSR count). The van der Waals surface area contributed by atoms with E-state index < -0.39 is 29.0 Å². The summed E-state index contributed by atoms with van der Waals surface area (Å²) in [6.07, 6.45) is 0. The maximum atomic E-state index is 14.4. The summed E-state index contributed by atoms with van der Waals surface area (Å²) in [5.41, 5.74) is 1.20. The van der Waals surface area contributed by atoms with Crippen LogP contribution in [-0.4, -0.2) is 26.2 Å². The average molecular weight is 545 g/mol. The molecule has 0 aliphatic carbocycles. The fraction of sp³-hybridized carbons (Fsp3) is 0.188. The van der Waals surface area contributed by atoms with Gasteiger partial charge in [-0.05, 0) is 62.8 Å². The van der Waals surface area contributed by atoms with Crippen LogP contribution in [0.3, 0.4) is 0 Å².